The van der Waals surface area contributed by atoms with Crippen LogP contribution in [-0.4, -0.2) is 46.6 Å². The number of nitrogens with zero attached hydrogens (tertiary/aromatic N) is 2. The molecule has 1 heterocycles. The zero-order chi connectivity index (χ0) is 12.4. The molecule has 0 radical (unpaired) electrons. The Bertz CT molecular complexity index is 403. The summed E-state index contributed by atoms with van der Waals surface area (Å²) in [4.78, 5) is 17.4. The Kier molecular flexibility index (Phi) is 3.63. The molecule has 0 bridgehead atoms. The standard InChI is InChI=1S/C11H17N3O2S/c1-7(14(2)8-3-4-8)5-12-11-13-6-9(17-11)10(15)16/h6-8H,3-5H2,1-2H3,(H,12,13)(H,15,16). The number of carbonyl (C=O) groups is 1. The second-order valence-corrected chi connectivity index (χ2v) is 5.49. The van der Waals surface area contributed by atoms with Crippen LogP contribution in [0.2, 0.25) is 0 Å². The molecule has 1 aromatic rings. The molecule has 1 unspecified atom stereocenters. The van der Waals surface area contributed by atoms with Gasteiger partial charge in [0.1, 0.15) is 4.88 Å². The second kappa shape index (κ2) is 5.01. The number of hydrogen-bond donors (Lipinski definition) is 2. The lowest BCUT2D eigenvalue weighted by Crippen LogP contribution is -2.36. The number of aromatic nitrogens is 1. The van der Waals surface area contributed by atoms with Crippen molar-refractivity contribution in [3.63, 3.8) is 0 Å². The fourth-order valence-corrected chi connectivity index (χ4v) is 2.34. The van der Waals surface area contributed by atoms with Crippen molar-refractivity contribution in [2.75, 3.05) is 18.9 Å². The largest absolute Gasteiger partial charge is 0.477 e. The number of carboxylic acids is 1. The summed E-state index contributed by atoms with van der Waals surface area (Å²) in [5.74, 6) is -0.918. The van der Waals surface area contributed by atoms with E-state index in [1.165, 1.54) is 30.4 Å². The Morgan fingerprint density at radius 3 is 3.00 bits per heavy atom. The van der Waals surface area contributed by atoms with Gasteiger partial charge in [-0.1, -0.05) is 11.3 Å². The number of aromatic carboxylic acids is 1. The molecule has 0 aliphatic heterocycles. The average molecular weight is 255 g/mol. The molecule has 1 aliphatic rings. The molecule has 0 spiro atoms. The quantitative estimate of drug-likeness (QED) is 0.810. The maximum Gasteiger partial charge on any atom is 0.347 e. The van der Waals surface area contributed by atoms with Crippen LogP contribution in [0, 0.1) is 0 Å². The molecule has 2 N–H and O–H groups in total. The second-order valence-electron chi connectivity index (χ2n) is 4.46. The van der Waals surface area contributed by atoms with Crippen molar-refractivity contribution in [3.05, 3.63) is 11.1 Å². The van der Waals surface area contributed by atoms with E-state index < -0.39 is 5.97 Å². The predicted molar refractivity (Wildman–Crippen MR) is 67.8 cm³/mol. The van der Waals surface area contributed by atoms with E-state index in [4.69, 9.17) is 5.11 Å². The minimum atomic E-state index is -0.918. The topological polar surface area (TPSA) is 65.5 Å². The Hall–Kier alpha value is -1.14. The van der Waals surface area contributed by atoms with Crippen LogP contribution in [0.1, 0.15) is 29.4 Å². The fraction of sp³-hybridized carbons (Fsp3) is 0.636. The van der Waals surface area contributed by atoms with Gasteiger partial charge in [-0.3, -0.25) is 4.90 Å². The van der Waals surface area contributed by atoms with Gasteiger partial charge in [-0.15, -0.1) is 0 Å². The van der Waals surface area contributed by atoms with E-state index in [0.29, 0.717) is 11.2 Å². The summed E-state index contributed by atoms with van der Waals surface area (Å²) in [5, 5.41) is 12.6. The first-order chi connectivity index (χ1) is 8.08. The van der Waals surface area contributed by atoms with Gasteiger partial charge in [0, 0.05) is 18.6 Å². The Morgan fingerprint density at radius 1 is 1.76 bits per heavy atom. The van der Waals surface area contributed by atoms with E-state index in [1.807, 2.05) is 0 Å². The maximum atomic E-state index is 10.7. The van der Waals surface area contributed by atoms with Gasteiger partial charge in [-0.05, 0) is 26.8 Å². The van der Waals surface area contributed by atoms with Crippen molar-refractivity contribution in [1.82, 2.24) is 9.88 Å². The highest BCUT2D eigenvalue weighted by atomic mass is 32.1. The first kappa shape index (κ1) is 12.3. The Morgan fingerprint density at radius 2 is 2.47 bits per heavy atom. The third kappa shape index (κ3) is 3.17. The lowest BCUT2D eigenvalue weighted by atomic mass is 10.3. The van der Waals surface area contributed by atoms with E-state index in [2.05, 4.69) is 29.2 Å². The molecule has 0 amide bonds. The number of hydrogen-bond acceptors (Lipinski definition) is 5. The van der Waals surface area contributed by atoms with E-state index >= 15 is 0 Å². The lowest BCUT2D eigenvalue weighted by molar-refractivity contribution is 0.0702. The van der Waals surface area contributed by atoms with E-state index in [1.54, 1.807) is 0 Å². The van der Waals surface area contributed by atoms with Gasteiger partial charge >= 0.3 is 5.97 Å². The van der Waals surface area contributed by atoms with Crippen LogP contribution in [0.25, 0.3) is 0 Å². The van der Waals surface area contributed by atoms with Crippen LogP contribution < -0.4 is 5.32 Å². The smallest absolute Gasteiger partial charge is 0.347 e. The van der Waals surface area contributed by atoms with Gasteiger partial charge in [-0.2, -0.15) is 0 Å². The number of nitrogens with one attached hydrogen (secondary N) is 1. The summed E-state index contributed by atoms with van der Waals surface area (Å²) in [5.41, 5.74) is 0. The zero-order valence-corrected chi connectivity index (χ0v) is 10.8. The molecular formula is C11H17N3O2S. The normalized spacial score (nSPS) is 17.1. The van der Waals surface area contributed by atoms with Gasteiger partial charge in [0.05, 0.1) is 6.20 Å². The molecule has 94 valence electrons. The van der Waals surface area contributed by atoms with Gasteiger partial charge in [0.2, 0.25) is 0 Å². The average Bonchev–Trinajstić information content (AvgIpc) is 3.03. The van der Waals surface area contributed by atoms with E-state index in [9.17, 15) is 4.79 Å². The highest BCUT2D eigenvalue weighted by Crippen LogP contribution is 2.27. The van der Waals surface area contributed by atoms with Crippen molar-refractivity contribution in [2.24, 2.45) is 0 Å². The van der Waals surface area contributed by atoms with Crippen molar-refractivity contribution >= 4 is 22.4 Å². The van der Waals surface area contributed by atoms with Gasteiger partial charge in [-0.25, -0.2) is 9.78 Å². The van der Waals surface area contributed by atoms with Gasteiger partial charge in [0.25, 0.3) is 0 Å². The maximum absolute atomic E-state index is 10.7. The molecule has 1 fully saturated rings. The molecule has 6 heteroatoms. The molecule has 5 nitrogen and oxygen atoms in total. The molecule has 0 aromatic carbocycles. The van der Waals surface area contributed by atoms with Gasteiger partial charge in [0.15, 0.2) is 5.13 Å². The summed E-state index contributed by atoms with van der Waals surface area (Å²) in [6, 6.07) is 1.16. The minimum absolute atomic E-state index is 0.274. The first-order valence-electron chi connectivity index (χ1n) is 5.73. The minimum Gasteiger partial charge on any atom is -0.477 e. The summed E-state index contributed by atoms with van der Waals surface area (Å²) in [6.45, 7) is 2.95. The summed E-state index contributed by atoms with van der Waals surface area (Å²) in [6.07, 6.45) is 3.98. The van der Waals surface area contributed by atoms with Crippen LogP contribution >= 0.6 is 11.3 Å². The monoisotopic (exact) mass is 255 g/mol. The number of thiazole rings is 1. The summed E-state index contributed by atoms with van der Waals surface area (Å²) < 4.78 is 0. The first-order valence-corrected chi connectivity index (χ1v) is 6.54. The van der Waals surface area contributed by atoms with Crippen LogP contribution in [0.5, 0.6) is 0 Å². The Balaban J connectivity index is 1.82. The van der Waals surface area contributed by atoms with Gasteiger partial charge < -0.3 is 10.4 Å². The SMILES string of the molecule is CC(CNc1ncc(C(=O)O)s1)N(C)C1CC1. The highest BCUT2D eigenvalue weighted by molar-refractivity contribution is 7.17. The number of rotatable bonds is 6. The number of anilines is 1. The van der Waals surface area contributed by atoms with Crippen LogP contribution in [-0.2, 0) is 0 Å². The number of likely N-dealkylation sites (N-methyl/N-ethyl adjacent to an activating group) is 1. The van der Waals surface area contributed by atoms with Crippen molar-refractivity contribution < 1.29 is 9.90 Å². The van der Waals surface area contributed by atoms with Crippen molar-refractivity contribution in [2.45, 2.75) is 31.8 Å². The molecule has 1 saturated carbocycles. The highest BCUT2D eigenvalue weighted by Gasteiger charge is 2.28. The van der Waals surface area contributed by atoms with Crippen molar-refractivity contribution in [3.8, 4) is 0 Å². The van der Waals surface area contributed by atoms with Crippen LogP contribution in [0.15, 0.2) is 6.20 Å². The zero-order valence-electron chi connectivity index (χ0n) is 10.0. The molecule has 1 atom stereocenters. The predicted octanol–water partition coefficient (Wildman–Crippen LogP) is 1.74. The lowest BCUT2D eigenvalue weighted by Gasteiger charge is -2.24. The van der Waals surface area contributed by atoms with E-state index in [0.717, 1.165) is 12.6 Å². The Labute approximate surface area is 104 Å². The van der Waals surface area contributed by atoms with Crippen LogP contribution in [0.4, 0.5) is 5.13 Å². The number of carboxylic acid groups (broad SMARTS) is 1. The molecule has 1 aliphatic carbocycles. The summed E-state index contributed by atoms with van der Waals surface area (Å²) >= 11 is 1.18. The molecule has 17 heavy (non-hydrogen) atoms. The van der Waals surface area contributed by atoms with E-state index in [-0.39, 0.29) is 4.88 Å². The van der Waals surface area contributed by atoms with Crippen molar-refractivity contribution in [1.29, 1.82) is 0 Å². The third-order valence-electron chi connectivity index (χ3n) is 3.08. The fourth-order valence-electron chi connectivity index (χ4n) is 1.68. The molecule has 1 aromatic heterocycles. The molecular weight excluding hydrogens is 238 g/mol. The molecule has 2 rings (SSSR count). The third-order valence-corrected chi connectivity index (χ3v) is 4.03. The van der Waals surface area contributed by atoms with Crippen LogP contribution in [0.3, 0.4) is 0 Å². The molecule has 0 saturated heterocycles. The summed E-state index contributed by atoms with van der Waals surface area (Å²) in [7, 11) is 2.13.